The molecule has 1 amide bonds. The number of phenolic OH excluding ortho intramolecular Hbond substituents is 1. The number of aliphatic imine (C=N–C) groups is 1. The van der Waals surface area contributed by atoms with Gasteiger partial charge in [-0.2, -0.15) is 0 Å². The SMILES string of the molecule is COc1ccc(/C=C2/N=C(c3ccc(C)cc3)N(c3ccc(O)cc3)C2=O)cc1. The van der Waals surface area contributed by atoms with E-state index in [0.717, 1.165) is 22.4 Å². The Hall–Kier alpha value is -3.86. The van der Waals surface area contributed by atoms with E-state index in [4.69, 9.17) is 4.74 Å². The first-order chi connectivity index (χ1) is 14.0. The van der Waals surface area contributed by atoms with E-state index in [1.807, 2.05) is 55.5 Å². The molecular formula is C24H20N2O3. The molecule has 1 aliphatic rings. The maximum Gasteiger partial charge on any atom is 0.282 e. The lowest BCUT2D eigenvalue weighted by atomic mass is 10.1. The molecule has 0 aliphatic carbocycles. The monoisotopic (exact) mass is 384 g/mol. The Morgan fingerprint density at radius 1 is 0.931 bits per heavy atom. The van der Waals surface area contributed by atoms with Gasteiger partial charge in [0, 0.05) is 5.56 Å². The summed E-state index contributed by atoms with van der Waals surface area (Å²) in [7, 11) is 1.61. The summed E-state index contributed by atoms with van der Waals surface area (Å²) in [6.07, 6.45) is 1.76. The highest BCUT2D eigenvalue weighted by atomic mass is 16.5. The van der Waals surface area contributed by atoms with Crippen LogP contribution in [0.2, 0.25) is 0 Å². The number of amidine groups is 1. The van der Waals surface area contributed by atoms with Crippen molar-refractivity contribution >= 4 is 23.5 Å². The number of hydrogen-bond donors (Lipinski definition) is 1. The molecule has 0 saturated heterocycles. The molecule has 0 saturated carbocycles. The number of ether oxygens (including phenoxy) is 1. The van der Waals surface area contributed by atoms with Crippen molar-refractivity contribution in [3.05, 3.63) is 95.2 Å². The Balaban J connectivity index is 1.78. The summed E-state index contributed by atoms with van der Waals surface area (Å²) in [4.78, 5) is 19.4. The van der Waals surface area contributed by atoms with Gasteiger partial charge in [0.25, 0.3) is 5.91 Å². The lowest BCUT2D eigenvalue weighted by Gasteiger charge is -2.18. The molecule has 0 radical (unpaired) electrons. The second-order valence-corrected chi connectivity index (χ2v) is 6.76. The number of nitrogens with zero attached hydrogens (tertiary/aromatic N) is 2. The first-order valence-corrected chi connectivity index (χ1v) is 9.20. The number of amides is 1. The highest BCUT2D eigenvalue weighted by molar-refractivity contribution is 6.33. The molecule has 1 aliphatic heterocycles. The van der Waals surface area contributed by atoms with E-state index in [9.17, 15) is 9.90 Å². The summed E-state index contributed by atoms with van der Waals surface area (Å²) in [5.74, 6) is 1.23. The van der Waals surface area contributed by atoms with E-state index >= 15 is 0 Å². The topological polar surface area (TPSA) is 62.1 Å². The van der Waals surface area contributed by atoms with E-state index in [-0.39, 0.29) is 11.7 Å². The molecule has 0 unspecified atom stereocenters. The number of phenols is 1. The zero-order chi connectivity index (χ0) is 20.4. The van der Waals surface area contributed by atoms with Gasteiger partial charge in [-0.15, -0.1) is 0 Å². The van der Waals surface area contributed by atoms with Gasteiger partial charge in [0.15, 0.2) is 0 Å². The maximum atomic E-state index is 13.2. The van der Waals surface area contributed by atoms with Crippen molar-refractivity contribution in [3.63, 3.8) is 0 Å². The van der Waals surface area contributed by atoms with Gasteiger partial charge in [-0.1, -0.05) is 42.0 Å². The van der Waals surface area contributed by atoms with Crippen LogP contribution < -0.4 is 9.64 Å². The van der Waals surface area contributed by atoms with Gasteiger partial charge in [0.1, 0.15) is 23.0 Å². The molecule has 4 rings (SSSR count). The normalized spacial score (nSPS) is 15.0. The Bertz CT molecular complexity index is 1100. The molecule has 0 bridgehead atoms. The third-order valence-corrected chi connectivity index (χ3v) is 4.70. The minimum atomic E-state index is -0.220. The Labute approximate surface area is 169 Å². The third kappa shape index (κ3) is 3.75. The molecule has 29 heavy (non-hydrogen) atoms. The lowest BCUT2D eigenvalue weighted by Crippen LogP contribution is -2.32. The fraction of sp³-hybridized carbons (Fsp3) is 0.0833. The van der Waals surface area contributed by atoms with Crippen molar-refractivity contribution in [2.45, 2.75) is 6.92 Å². The van der Waals surface area contributed by atoms with Crippen LogP contribution in [0, 0.1) is 6.92 Å². The van der Waals surface area contributed by atoms with Crippen molar-refractivity contribution in [3.8, 4) is 11.5 Å². The molecule has 1 heterocycles. The number of aromatic hydroxyl groups is 1. The van der Waals surface area contributed by atoms with Crippen LogP contribution in [0.5, 0.6) is 11.5 Å². The molecule has 1 N–H and O–H groups in total. The summed E-state index contributed by atoms with van der Waals surface area (Å²) in [6, 6.07) is 21.8. The van der Waals surface area contributed by atoms with Crippen molar-refractivity contribution in [1.82, 2.24) is 0 Å². The fourth-order valence-corrected chi connectivity index (χ4v) is 3.11. The van der Waals surface area contributed by atoms with E-state index in [0.29, 0.717) is 17.2 Å². The Morgan fingerprint density at radius 2 is 1.59 bits per heavy atom. The second kappa shape index (κ2) is 7.64. The predicted molar refractivity (Wildman–Crippen MR) is 114 cm³/mol. The van der Waals surface area contributed by atoms with Crippen molar-refractivity contribution in [2.24, 2.45) is 4.99 Å². The van der Waals surface area contributed by atoms with Crippen molar-refractivity contribution in [1.29, 1.82) is 0 Å². The molecule has 5 nitrogen and oxygen atoms in total. The van der Waals surface area contributed by atoms with E-state index in [2.05, 4.69) is 4.99 Å². The molecule has 0 spiro atoms. The second-order valence-electron chi connectivity index (χ2n) is 6.76. The molecule has 0 fully saturated rings. The van der Waals surface area contributed by atoms with Gasteiger partial charge in [-0.25, -0.2) is 4.99 Å². The molecule has 0 atom stereocenters. The number of carbonyl (C=O) groups is 1. The summed E-state index contributed by atoms with van der Waals surface area (Å²) in [6.45, 7) is 2.01. The van der Waals surface area contributed by atoms with Gasteiger partial charge in [-0.05, 0) is 55.0 Å². The smallest absolute Gasteiger partial charge is 0.282 e. The third-order valence-electron chi connectivity index (χ3n) is 4.70. The molecule has 3 aromatic rings. The van der Waals surface area contributed by atoms with Gasteiger partial charge in [0.05, 0.1) is 12.8 Å². The molecule has 144 valence electrons. The first kappa shape index (κ1) is 18.5. The summed E-state index contributed by atoms with van der Waals surface area (Å²) >= 11 is 0. The highest BCUT2D eigenvalue weighted by Crippen LogP contribution is 2.29. The first-order valence-electron chi connectivity index (χ1n) is 9.20. The van der Waals surface area contributed by atoms with Crippen LogP contribution in [-0.2, 0) is 4.79 Å². The van der Waals surface area contributed by atoms with Crippen LogP contribution in [0.4, 0.5) is 5.69 Å². The minimum absolute atomic E-state index is 0.142. The van der Waals surface area contributed by atoms with Crippen LogP contribution >= 0.6 is 0 Å². The Kier molecular flexibility index (Phi) is 4.87. The minimum Gasteiger partial charge on any atom is -0.508 e. The molecular weight excluding hydrogens is 364 g/mol. The average Bonchev–Trinajstić information content (AvgIpc) is 3.06. The maximum absolute atomic E-state index is 13.2. The summed E-state index contributed by atoms with van der Waals surface area (Å²) < 4.78 is 5.19. The lowest BCUT2D eigenvalue weighted by molar-refractivity contribution is -0.113. The van der Waals surface area contributed by atoms with Gasteiger partial charge in [-0.3, -0.25) is 9.69 Å². The Morgan fingerprint density at radius 3 is 2.21 bits per heavy atom. The zero-order valence-electron chi connectivity index (χ0n) is 16.2. The number of hydrogen-bond acceptors (Lipinski definition) is 4. The van der Waals surface area contributed by atoms with E-state index < -0.39 is 0 Å². The van der Waals surface area contributed by atoms with Crippen molar-refractivity contribution in [2.75, 3.05) is 12.0 Å². The van der Waals surface area contributed by atoms with Gasteiger partial charge >= 0.3 is 0 Å². The largest absolute Gasteiger partial charge is 0.508 e. The standard InChI is InChI=1S/C24H20N2O3/c1-16-3-7-18(8-4-16)23-25-22(15-17-5-13-21(29-2)14-6-17)24(28)26(23)19-9-11-20(27)12-10-19/h3-15,27H,1-2H3/b22-15+. The number of carbonyl (C=O) groups excluding carboxylic acids is 1. The fourth-order valence-electron chi connectivity index (χ4n) is 3.11. The van der Waals surface area contributed by atoms with Crippen LogP contribution in [0.25, 0.3) is 6.08 Å². The summed E-state index contributed by atoms with van der Waals surface area (Å²) in [5.41, 5.74) is 3.82. The molecule has 3 aromatic carbocycles. The number of benzene rings is 3. The quantitative estimate of drug-likeness (QED) is 0.672. The molecule has 5 heteroatoms. The zero-order valence-corrected chi connectivity index (χ0v) is 16.2. The van der Waals surface area contributed by atoms with Crippen LogP contribution in [0.1, 0.15) is 16.7 Å². The number of anilines is 1. The van der Waals surface area contributed by atoms with Crippen molar-refractivity contribution < 1.29 is 14.6 Å². The highest BCUT2D eigenvalue weighted by Gasteiger charge is 2.32. The van der Waals surface area contributed by atoms with Gasteiger partial charge < -0.3 is 9.84 Å². The predicted octanol–water partition coefficient (Wildman–Crippen LogP) is 4.54. The molecule has 0 aromatic heterocycles. The van der Waals surface area contributed by atoms with Gasteiger partial charge in [0.2, 0.25) is 0 Å². The number of aryl methyl sites for hydroxylation is 1. The average molecular weight is 384 g/mol. The van der Waals surface area contributed by atoms with Crippen LogP contribution in [-0.4, -0.2) is 24.0 Å². The number of methoxy groups -OCH3 is 1. The van der Waals surface area contributed by atoms with E-state index in [1.54, 1.807) is 42.4 Å². The van der Waals surface area contributed by atoms with Crippen LogP contribution in [0.15, 0.2) is 83.5 Å². The summed E-state index contributed by atoms with van der Waals surface area (Å²) in [5, 5.41) is 9.61. The number of rotatable bonds is 4. The van der Waals surface area contributed by atoms with Crippen LogP contribution in [0.3, 0.4) is 0 Å². The van der Waals surface area contributed by atoms with E-state index in [1.165, 1.54) is 0 Å².